The number of hydrogen-bond acceptors (Lipinski definition) is 6. The summed E-state index contributed by atoms with van der Waals surface area (Å²) < 4.78 is 45.3. The van der Waals surface area contributed by atoms with Crippen LogP contribution in [0.25, 0.3) is 11.1 Å². The maximum absolute atomic E-state index is 13.6. The number of hydrogen-bond donors (Lipinski definition) is 2. The predicted molar refractivity (Wildman–Crippen MR) is 147 cm³/mol. The molecule has 40 heavy (non-hydrogen) atoms. The summed E-state index contributed by atoms with van der Waals surface area (Å²) >= 11 is 0. The molecule has 1 aliphatic rings. The Morgan fingerprint density at radius 2 is 1.85 bits per heavy atom. The van der Waals surface area contributed by atoms with Crippen LogP contribution in [0.3, 0.4) is 0 Å². The molecule has 210 valence electrons. The van der Waals surface area contributed by atoms with Crippen LogP contribution in [0.15, 0.2) is 60.8 Å². The Hall–Kier alpha value is -4.10. The third-order valence-corrected chi connectivity index (χ3v) is 7.30. The zero-order valence-electron chi connectivity index (χ0n) is 22.5. The summed E-state index contributed by atoms with van der Waals surface area (Å²) in [6.45, 7) is 4.27. The van der Waals surface area contributed by atoms with E-state index in [1.807, 2.05) is 61.3 Å². The molecule has 1 amide bonds. The summed E-state index contributed by atoms with van der Waals surface area (Å²) in [7, 11) is 1.81. The fraction of sp³-hybridized carbons (Fsp3) is 0.367. The first kappa shape index (κ1) is 28.9. The first-order valence-corrected chi connectivity index (χ1v) is 13.2. The molecule has 4 rings (SSSR count). The van der Waals surface area contributed by atoms with Gasteiger partial charge in [0.1, 0.15) is 6.07 Å². The molecule has 0 radical (unpaired) electrons. The van der Waals surface area contributed by atoms with Crippen molar-refractivity contribution in [2.75, 3.05) is 44.7 Å². The molecule has 0 bridgehead atoms. The molecule has 0 atom stereocenters. The Bertz CT molecular complexity index is 1360. The van der Waals surface area contributed by atoms with Gasteiger partial charge in [0.25, 0.3) is 0 Å². The molecule has 0 saturated carbocycles. The first-order valence-electron chi connectivity index (χ1n) is 13.2. The molecule has 0 unspecified atom stereocenters. The number of halogens is 3. The molecule has 0 aliphatic carbocycles. The van der Waals surface area contributed by atoms with E-state index < -0.39 is 17.2 Å². The minimum atomic E-state index is -4.53. The SMILES string of the molecule is CCOc1ncccc1-c1ccc(C2(C(=O)NCCNC)CCN(c3ccc(C(F)(F)F)cc3C#N)CC2)cc1. The number of piperidine rings is 1. The quantitative estimate of drug-likeness (QED) is 0.368. The summed E-state index contributed by atoms with van der Waals surface area (Å²) in [6.07, 6.45) is -1.99. The fourth-order valence-electron chi connectivity index (χ4n) is 5.16. The van der Waals surface area contributed by atoms with Gasteiger partial charge in [-0.15, -0.1) is 0 Å². The molecule has 7 nitrogen and oxygen atoms in total. The molecule has 2 aromatic carbocycles. The number of nitriles is 1. The smallest absolute Gasteiger partial charge is 0.416 e. The minimum Gasteiger partial charge on any atom is -0.478 e. The Labute approximate surface area is 232 Å². The van der Waals surface area contributed by atoms with Gasteiger partial charge in [-0.3, -0.25) is 4.79 Å². The Kier molecular flexibility index (Phi) is 8.95. The molecule has 1 saturated heterocycles. The van der Waals surface area contributed by atoms with E-state index in [1.165, 1.54) is 6.07 Å². The van der Waals surface area contributed by atoms with Crippen molar-refractivity contribution in [3.63, 3.8) is 0 Å². The number of pyridine rings is 1. The molecular weight excluding hydrogens is 519 g/mol. The van der Waals surface area contributed by atoms with Gasteiger partial charge in [0, 0.05) is 37.9 Å². The second kappa shape index (κ2) is 12.4. The van der Waals surface area contributed by atoms with Gasteiger partial charge in [0.2, 0.25) is 11.8 Å². The lowest BCUT2D eigenvalue weighted by Crippen LogP contribution is -2.52. The zero-order valence-corrected chi connectivity index (χ0v) is 22.5. The van der Waals surface area contributed by atoms with Crippen molar-refractivity contribution >= 4 is 11.6 Å². The molecule has 3 aromatic rings. The summed E-state index contributed by atoms with van der Waals surface area (Å²) in [4.78, 5) is 19.9. The van der Waals surface area contributed by atoms with E-state index in [9.17, 15) is 23.2 Å². The number of amides is 1. The van der Waals surface area contributed by atoms with Crippen LogP contribution in [-0.4, -0.2) is 50.7 Å². The van der Waals surface area contributed by atoms with Gasteiger partial charge in [-0.2, -0.15) is 18.4 Å². The third-order valence-electron chi connectivity index (χ3n) is 7.30. The van der Waals surface area contributed by atoms with Gasteiger partial charge in [0.05, 0.1) is 28.8 Å². The number of anilines is 1. The average molecular weight is 552 g/mol. The Morgan fingerprint density at radius 3 is 2.48 bits per heavy atom. The molecule has 10 heteroatoms. The number of rotatable bonds is 9. The number of nitrogens with zero attached hydrogens (tertiary/aromatic N) is 3. The molecule has 1 fully saturated rings. The van der Waals surface area contributed by atoms with Crippen molar-refractivity contribution in [2.45, 2.75) is 31.4 Å². The molecule has 2 heterocycles. The second-order valence-electron chi connectivity index (χ2n) is 9.64. The summed E-state index contributed by atoms with van der Waals surface area (Å²) in [6, 6.07) is 16.7. The highest BCUT2D eigenvalue weighted by Gasteiger charge is 2.43. The topological polar surface area (TPSA) is 90.3 Å². The molecule has 1 aromatic heterocycles. The van der Waals surface area contributed by atoms with E-state index >= 15 is 0 Å². The lowest BCUT2D eigenvalue weighted by Gasteiger charge is -2.42. The highest BCUT2D eigenvalue weighted by Crippen LogP contribution is 2.40. The zero-order chi connectivity index (χ0) is 28.8. The van der Waals surface area contributed by atoms with E-state index in [0.717, 1.165) is 28.8 Å². The van der Waals surface area contributed by atoms with E-state index in [-0.39, 0.29) is 11.5 Å². The maximum atomic E-state index is 13.6. The number of likely N-dealkylation sites (N-methyl/N-ethyl adjacent to an activating group) is 1. The van der Waals surface area contributed by atoms with Crippen molar-refractivity contribution in [3.8, 4) is 23.1 Å². The van der Waals surface area contributed by atoms with Crippen LogP contribution in [-0.2, 0) is 16.4 Å². The van der Waals surface area contributed by atoms with Gasteiger partial charge in [-0.05, 0) is 68.3 Å². The van der Waals surface area contributed by atoms with Gasteiger partial charge < -0.3 is 20.3 Å². The average Bonchev–Trinajstić information content (AvgIpc) is 2.97. The lowest BCUT2D eigenvalue weighted by atomic mass is 9.71. The fourth-order valence-corrected chi connectivity index (χ4v) is 5.16. The summed E-state index contributed by atoms with van der Waals surface area (Å²) in [5, 5.41) is 15.6. The molecule has 2 N–H and O–H groups in total. The minimum absolute atomic E-state index is 0.0354. The van der Waals surface area contributed by atoms with Gasteiger partial charge in [-0.1, -0.05) is 24.3 Å². The van der Waals surface area contributed by atoms with Gasteiger partial charge >= 0.3 is 6.18 Å². The Morgan fingerprint density at radius 1 is 1.12 bits per heavy atom. The predicted octanol–water partition coefficient (Wildman–Crippen LogP) is 4.91. The monoisotopic (exact) mass is 551 g/mol. The second-order valence-corrected chi connectivity index (χ2v) is 9.64. The number of nitrogens with one attached hydrogen (secondary N) is 2. The Balaban J connectivity index is 1.62. The number of carbonyl (C=O) groups is 1. The van der Waals surface area contributed by atoms with Gasteiger partial charge in [0.15, 0.2) is 0 Å². The van der Waals surface area contributed by atoms with E-state index in [4.69, 9.17) is 4.74 Å². The van der Waals surface area contributed by atoms with E-state index in [1.54, 1.807) is 6.20 Å². The van der Waals surface area contributed by atoms with Crippen LogP contribution in [0.2, 0.25) is 0 Å². The van der Waals surface area contributed by atoms with Crippen LogP contribution < -0.4 is 20.3 Å². The maximum Gasteiger partial charge on any atom is 0.416 e. The van der Waals surface area contributed by atoms with Crippen molar-refractivity contribution in [3.05, 3.63) is 77.5 Å². The third kappa shape index (κ3) is 6.05. The number of aromatic nitrogens is 1. The molecule has 1 aliphatic heterocycles. The molecule has 0 spiro atoms. The first-order chi connectivity index (χ1) is 19.2. The largest absolute Gasteiger partial charge is 0.478 e. The normalized spacial score (nSPS) is 14.8. The standard InChI is InChI=1S/C30H32F3N5O2/c1-3-40-27-25(5-4-14-36-27)21-6-8-23(9-7-21)29(28(39)37-16-15-35-2)12-17-38(18-13-29)26-11-10-24(30(31,32)33)19-22(26)20-34/h4-11,14,19,35H,3,12-13,15-18H2,1-2H3,(H,37,39). The van der Waals surface area contributed by atoms with Crippen LogP contribution >= 0.6 is 0 Å². The number of ether oxygens (including phenoxy) is 1. The van der Waals surface area contributed by atoms with Crippen molar-refractivity contribution in [1.29, 1.82) is 5.26 Å². The van der Waals surface area contributed by atoms with Gasteiger partial charge in [-0.25, -0.2) is 4.98 Å². The van der Waals surface area contributed by atoms with Crippen LogP contribution in [0.5, 0.6) is 5.88 Å². The van der Waals surface area contributed by atoms with Crippen molar-refractivity contribution < 1.29 is 22.7 Å². The van der Waals surface area contributed by atoms with Crippen molar-refractivity contribution in [2.24, 2.45) is 0 Å². The summed E-state index contributed by atoms with van der Waals surface area (Å²) in [5.74, 6) is 0.440. The number of alkyl halides is 3. The van der Waals surface area contributed by atoms with E-state index in [0.29, 0.717) is 57.2 Å². The van der Waals surface area contributed by atoms with Crippen molar-refractivity contribution in [1.82, 2.24) is 15.6 Å². The summed E-state index contributed by atoms with van der Waals surface area (Å²) in [5.41, 5.74) is 1.33. The highest BCUT2D eigenvalue weighted by molar-refractivity contribution is 5.89. The lowest BCUT2D eigenvalue weighted by molar-refractivity contribution is -0.137. The van der Waals surface area contributed by atoms with E-state index in [2.05, 4.69) is 15.6 Å². The van der Waals surface area contributed by atoms with Crippen LogP contribution in [0.1, 0.15) is 36.5 Å². The highest BCUT2D eigenvalue weighted by atomic mass is 19.4. The number of benzene rings is 2. The van der Waals surface area contributed by atoms with Crippen LogP contribution in [0.4, 0.5) is 18.9 Å². The number of carbonyl (C=O) groups excluding carboxylic acids is 1. The van der Waals surface area contributed by atoms with Crippen LogP contribution in [0, 0.1) is 11.3 Å². The molecular formula is C30H32F3N5O2.